The number of ether oxygens (including phenoxy) is 2. The topological polar surface area (TPSA) is 60.1 Å². The number of benzene rings is 2. The van der Waals surface area contributed by atoms with E-state index in [1.165, 1.54) is 0 Å². The van der Waals surface area contributed by atoms with E-state index in [0.717, 1.165) is 27.9 Å². The first kappa shape index (κ1) is 16.9. The Morgan fingerprint density at radius 3 is 2.81 bits per heavy atom. The Morgan fingerprint density at radius 1 is 1.26 bits per heavy atom. The Kier molecular flexibility index (Phi) is 4.17. The molecule has 134 valence electrons. The van der Waals surface area contributed by atoms with Crippen LogP contribution in [0.2, 0.25) is 0 Å². The van der Waals surface area contributed by atoms with Crippen LogP contribution in [0.1, 0.15) is 18.3 Å². The fraction of sp³-hybridized carbons (Fsp3) is 0.182. The maximum Gasteiger partial charge on any atom is 0.169 e. The van der Waals surface area contributed by atoms with Crippen molar-refractivity contribution in [1.29, 1.82) is 5.26 Å². The fourth-order valence-electron chi connectivity index (χ4n) is 3.33. The number of methoxy groups -OCH3 is 1. The number of nitrogens with zero attached hydrogens (tertiary/aromatic N) is 3. The molecule has 0 saturated heterocycles. The van der Waals surface area contributed by atoms with Gasteiger partial charge in [0.05, 0.1) is 23.7 Å². The van der Waals surface area contributed by atoms with E-state index in [4.69, 9.17) is 9.47 Å². The van der Waals surface area contributed by atoms with E-state index in [0.29, 0.717) is 17.1 Å². The molecule has 1 aromatic heterocycles. The van der Waals surface area contributed by atoms with Gasteiger partial charge in [-0.2, -0.15) is 5.26 Å². The van der Waals surface area contributed by atoms with Gasteiger partial charge >= 0.3 is 0 Å². The van der Waals surface area contributed by atoms with Crippen molar-refractivity contribution in [3.8, 4) is 17.6 Å². The lowest BCUT2D eigenvalue weighted by atomic mass is 10.00. The van der Waals surface area contributed by atoms with Gasteiger partial charge in [0.2, 0.25) is 0 Å². The minimum absolute atomic E-state index is 0.202. The number of imidazole rings is 1. The molecular weight excluding hydrogens is 338 g/mol. The Bertz CT molecular complexity index is 1130. The summed E-state index contributed by atoms with van der Waals surface area (Å²) in [6.45, 7) is 1.96. The molecule has 0 spiro atoms. The zero-order chi connectivity index (χ0) is 19.0. The molecule has 0 bridgehead atoms. The third kappa shape index (κ3) is 2.85. The molecular formula is C22H19N3O2. The molecule has 1 atom stereocenters. The molecule has 0 amide bonds. The van der Waals surface area contributed by atoms with E-state index in [-0.39, 0.29) is 6.10 Å². The van der Waals surface area contributed by atoms with Crippen molar-refractivity contribution in [2.45, 2.75) is 13.0 Å². The number of hydrogen-bond donors (Lipinski definition) is 0. The van der Waals surface area contributed by atoms with Gasteiger partial charge < -0.3 is 14.0 Å². The number of aryl methyl sites for hydroxylation is 1. The average molecular weight is 357 g/mol. The maximum atomic E-state index is 9.76. The lowest BCUT2D eigenvalue weighted by molar-refractivity contribution is 0.243. The van der Waals surface area contributed by atoms with Gasteiger partial charge in [0.25, 0.3) is 0 Å². The smallest absolute Gasteiger partial charge is 0.169 e. The van der Waals surface area contributed by atoms with Gasteiger partial charge in [0, 0.05) is 12.6 Å². The Balaban J connectivity index is 1.81. The number of allylic oxidation sites excluding steroid dienone is 1. The van der Waals surface area contributed by atoms with Crippen LogP contribution in [-0.4, -0.2) is 22.8 Å². The lowest BCUT2D eigenvalue weighted by Crippen LogP contribution is -2.18. The highest BCUT2D eigenvalue weighted by Crippen LogP contribution is 2.38. The van der Waals surface area contributed by atoms with Crippen molar-refractivity contribution in [3.05, 3.63) is 65.5 Å². The zero-order valence-corrected chi connectivity index (χ0v) is 15.4. The predicted molar refractivity (Wildman–Crippen MR) is 105 cm³/mol. The van der Waals surface area contributed by atoms with Crippen molar-refractivity contribution in [2.75, 3.05) is 7.11 Å². The maximum absolute atomic E-state index is 9.76. The predicted octanol–water partition coefficient (Wildman–Crippen LogP) is 4.35. The van der Waals surface area contributed by atoms with Gasteiger partial charge in [-0.25, -0.2) is 4.98 Å². The number of rotatable bonds is 3. The highest BCUT2D eigenvalue weighted by molar-refractivity contribution is 5.85. The molecule has 1 aliphatic rings. The Labute approximate surface area is 157 Å². The van der Waals surface area contributed by atoms with Crippen LogP contribution in [0.4, 0.5) is 0 Å². The summed E-state index contributed by atoms with van der Waals surface area (Å²) in [6, 6.07) is 15.9. The molecule has 4 rings (SSSR count). The van der Waals surface area contributed by atoms with Gasteiger partial charge in [0.15, 0.2) is 17.3 Å². The van der Waals surface area contributed by atoms with Gasteiger partial charge in [0.1, 0.15) is 12.2 Å². The largest absolute Gasteiger partial charge is 0.493 e. The summed E-state index contributed by atoms with van der Waals surface area (Å²) < 4.78 is 13.4. The normalized spacial score (nSPS) is 16.3. The summed E-state index contributed by atoms with van der Waals surface area (Å²) in [4.78, 5) is 4.63. The van der Waals surface area contributed by atoms with Crippen molar-refractivity contribution in [3.63, 3.8) is 0 Å². The molecule has 27 heavy (non-hydrogen) atoms. The van der Waals surface area contributed by atoms with Crippen molar-refractivity contribution in [2.24, 2.45) is 7.05 Å². The van der Waals surface area contributed by atoms with E-state index >= 15 is 0 Å². The monoisotopic (exact) mass is 357 g/mol. The van der Waals surface area contributed by atoms with Gasteiger partial charge in [-0.3, -0.25) is 0 Å². The van der Waals surface area contributed by atoms with Crippen LogP contribution in [0, 0.1) is 11.3 Å². The van der Waals surface area contributed by atoms with Crippen LogP contribution in [0.15, 0.2) is 54.1 Å². The molecule has 1 aliphatic heterocycles. The van der Waals surface area contributed by atoms with Crippen LogP contribution in [0.3, 0.4) is 0 Å². The Morgan fingerprint density at radius 2 is 2.07 bits per heavy atom. The molecule has 5 nitrogen and oxygen atoms in total. The lowest BCUT2D eigenvalue weighted by Gasteiger charge is -2.24. The van der Waals surface area contributed by atoms with Crippen molar-refractivity contribution < 1.29 is 9.47 Å². The quantitative estimate of drug-likeness (QED) is 0.654. The first-order chi connectivity index (χ1) is 13.1. The summed E-state index contributed by atoms with van der Waals surface area (Å²) in [5.41, 5.74) is 4.21. The first-order valence-corrected chi connectivity index (χ1v) is 8.71. The minimum Gasteiger partial charge on any atom is -0.493 e. The molecule has 2 heterocycles. The van der Waals surface area contributed by atoms with Crippen LogP contribution >= 0.6 is 0 Å². The highest BCUT2D eigenvalue weighted by Gasteiger charge is 2.22. The van der Waals surface area contributed by atoms with E-state index in [9.17, 15) is 5.26 Å². The van der Waals surface area contributed by atoms with Crippen LogP contribution in [0.5, 0.6) is 11.5 Å². The Hall–Kier alpha value is -3.52. The highest BCUT2D eigenvalue weighted by atomic mass is 16.5. The number of para-hydroxylation sites is 3. The molecule has 0 radical (unpaired) electrons. The SMILES string of the molecule is COc1cccc2c1OC(C)C(C=C(C#N)c1nc3ccccc3n1C)=C2. The molecule has 0 N–H and O–H groups in total. The molecule has 0 fully saturated rings. The van der Waals surface area contributed by atoms with Crippen molar-refractivity contribution >= 4 is 22.7 Å². The number of fused-ring (bicyclic) bond motifs is 2. The summed E-state index contributed by atoms with van der Waals surface area (Å²) in [7, 11) is 3.55. The van der Waals surface area contributed by atoms with E-state index < -0.39 is 0 Å². The number of nitriles is 1. The first-order valence-electron chi connectivity index (χ1n) is 8.71. The van der Waals surface area contributed by atoms with Gasteiger partial charge in [-0.05, 0) is 42.8 Å². The molecule has 3 aromatic rings. The van der Waals surface area contributed by atoms with Crippen LogP contribution in [0.25, 0.3) is 22.7 Å². The third-order valence-corrected chi connectivity index (χ3v) is 4.77. The summed E-state index contributed by atoms with van der Waals surface area (Å²) in [5, 5.41) is 9.76. The second-order valence-electron chi connectivity index (χ2n) is 6.44. The van der Waals surface area contributed by atoms with E-state index in [1.54, 1.807) is 7.11 Å². The van der Waals surface area contributed by atoms with E-state index in [1.807, 2.05) is 73.2 Å². The number of hydrogen-bond acceptors (Lipinski definition) is 4. The fourth-order valence-corrected chi connectivity index (χ4v) is 3.33. The molecule has 0 aliphatic carbocycles. The van der Waals surface area contributed by atoms with E-state index in [2.05, 4.69) is 11.1 Å². The molecule has 1 unspecified atom stereocenters. The molecule has 0 saturated carbocycles. The average Bonchev–Trinajstić information content (AvgIpc) is 3.02. The minimum atomic E-state index is -0.202. The standard InChI is InChI=1S/C22H19N3O2/c1-14-16(11-15-7-6-10-20(26-3)21(15)27-14)12-17(13-23)22-24-18-8-4-5-9-19(18)25(22)2/h4-12,14H,1-3H3. The molecule has 2 aromatic carbocycles. The van der Waals surface area contributed by atoms with Gasteiger partial charge in [-0.15, -0.1) is 0 Å². The summed E-state index contributed by atoms with van der Waals surface area (Å²) in [6.07, 6.45) is 3.69. The molecule has 5 heteroatoms. The van der Waals surface area contributed by atoms with Crippen LogP contribution < -0.4 is 9.47 Å². The van der Waals surface area contributed by atoms with Crippen LogP contribution in [-0.2, 0) is 7.05 Å². The second kappa shape index (κ2) is 6.65. The number of aromatic nitrogens is 2. The summed E-state index contributed by atoms with van der Waals surface area (Å²) >= 11 is 0. The summed E-state index contributed by atoms with van der Waals surface area (Å²) in [5.74, 6) is 2.07. The van der Waals surface area contributed by atoms with Crippen molar-refractivity contribution in [1.82, 2.24) is 9.55 Å². The van der Waals surface area contributed by atoms with Gasteiger partial charge in [-0.1, -0.05) is 24.3 Å². The second-order valence-corrected chi connectivity index (χ2v) is 6.44. The third-order valence-electron chi connectivity index (χ3n) is 4.77. The zero-order valence-electron chi connectivity index (χ0n) is 15.4.